The van der Waals surface area contributed by atoms with Crippen LogP contribution in [0.15, 0.2) is 36.7 Å². The summed E-state index contributed by atoms with van der Waals surface area (Å²) in [6.45, 7) is 2.25. The summed E-state index contributed by atoms with van der Waals surface area (Å²) < 4.78 is 7.43. The summed E-state index contributed by atoms with van der Waals surface area (Å²) in [6, 6.07) is 9.32. The van der Waals surface area contributed by atoms with Gasteiger partial charge >= 0.3 is 0 Å². The Morgan fingerprint density at radius 2 is 2.15 bits per heavy atom. The largest absolute Gasteiger partial charge is 0.481 e. The molecule has 6 heteroatoms. The fourth-order valence-corrected chi connectivity index (χ4v) is 1.73. The number of rotatable bonds is 6. The van der Waals surface area contributed by atoms with Crippen LogP contribution >= 0.6 is 0 Å². The van der Waals surface area contributed by atoms with Gasteiger partial charge in [-0.15, -0.1) is 10.2 Å². The maximum atomic E-state index is 12.1. The number of amides is 1. The molecule has 0 aliphatic rings. The Morgan fingerprint density at radius 3 is 2.75 bits per heavy atom. The van der Waals surface area contributed by atoms with Crippen molar-refractivity contribution in [2.24, 2.45) is 7.05 Å². The van der Waals surface area contributed by atoms with Gasteiger partial charge in [0.15, 0.2) is 11.9 Å². The molecule has 0 bridgehead atoms. The van der Waals surface area contributed by atoms with Crippen molar-refractivity contribution >= 4 is 5.91 Å². The first-order chi connectivity index (χ1) is 9.70. The van der Waals surface area contributed by atoms with Gasteiger partial charge in [-0.05, 0) is 18.6 Å². The summed E-state index contributed by atoms with van der Waals surface area (Å²) in [4.78, 5) is 12.1. The third-order valence-corrected chi connectivity index (χ3v) is 2.91. The molecular formula is C14H18N4O2. The lowest BCUT2D eigenvalue weighted by atomic mass is 10.2. The molecule has 1 unspecified atom stereocenters. The van der Waals surface area contributed by atoms with Gasteiger partial charge in [0.05, 0.1) is 6.54 Å². The second-order valence-electron chi connectivity index (χ2n) is 4.40. The Morgan fingerprint density at radius 1 is 1.40 bits per heavy atom. The van der Waals surface area contributed by atoms with Crippen LogP contribution in [0.2, 0.25) is 0 Å². The second kappa shape index (κ2) is 6.70. The molecule has 1 aromatic carbocycles. The van der Waals surface area contributed by atoms with Crippen LogP contribution in [0.4, 0.5) is 0 Å². The summed E-state index contributed by atoms with van der Waals surface area (Å²) in [5.74, 6) is 1.24. The van der Waals surface area contributed by atoms with Gasteiger partial charge < -0.3 is 14.6 Å². The average molecular weight is 274 g/mol. The minimum absolute atomic E-state index is 0.153. The zero-order valence-electron chi connectivity index (χ0n) is 11.6. The third kappa shape index (κ3) is 3.57. The van der Waals surface area contributed by atoms with Crippen LogP contribution in [0.1, 0.15) is 19.2 Å². The first-order valence-corrected chi connectivity index (χ1v) is 6.53. The normalized spacial score (nSPS) is 11.9. The lowest BCUT2D eigenvalue weighted by molar-refractivity contribution is -0.128. The Balaban J connectivity index is 1.91. The second-order valence-corrected chi connectivity index (χ2v) is 4.40. The first kappa shape index (κ1) is 14.0. The molecule has 0 radical (unpaired) electrons. The number of aromatic nitrogens is 3. The molecule has 1 heterocycles. The van der Waals surface area contributed by atoms with Crippen molar-refractivity contribution < 1.29 is 9.53 Å². The number of aryl methyl sites for hydroxylation is 1. The number of carbonyl (C=O) groups is 1. The van der Waals surface area contributed by atoms with Gasteiger partial charge in [0.25, 0.3) is 5.91 Å². The quantitative estimate of drug-likeness (QED) is 0.861. The van der Waals surface area contributed by atoms with Gasteiger partial charge in [-0.25, -0.2) is 0 Å². The van der Waals surface area contributed by atoms with Crippen molar-refractivity contribution in [2.45, 2.75) is 26.0 Å². The van der Waals surface area contributed by atoms with Crippen LogP contribution in [0.5, 0.6) is 5.75 Å². The Labute approximate surface area is 117 Å². The van der Waals surface area contributed by atoms with Gasteiger partial charge in [0.1, 0.15) is 12.1 Å². The van der Waals surface area contributed by atoms with Crippen molar-refractivity contribution in [3.05, 3.63) is 42.5 Å². The molecular weight excluding hydrogens is 256 g/mol. The van der Waals surface area contributed by atoms with Crippen molar-refractivity contribution in [3.63, 3.8) is 0 Å². The molecule has 0 fully saturated rings. The maximum absolute atomic E-state index is 12.1. The Hall–Kier alpha value is -2.37. The summed E-state index contributed by atoms with van der Waals surface area (Å²) in [6.07, 6.45) is 1.68. The van der Waals surface area contributed by atoms with Gasteiger partial charge in [0.2, 0.25) is 0 Å². The van der Waals surface area contributed by atoms with Crippen LogP contribution in [-0.4, -0.2) is 26.8 Å². The van der Waals surface area contributed by atoms with Crippen LogP contribution < -0.4 is 10.1 Å². The van der Waals surface area contributed by atoms with Gasteiger partial charge in [-0.3, -0.25) is 4.79 Å². The standard InChI is InChI=1S/C14H18N4O2/c1-3-12(20-11-7-5-4-6-8-11)14(19)15-9-13-17-16-10-18(13)2/h4-8,10,12H,3,9H2,1-2H3,(H,15,19). The Kier molecular flexibility index (Phi) is 4.70. The molecule has 1 aromatic heterocycles. The Bertz CT molecular complexity index is 553. The number of ether oxygens (including phenoxy) is 1. The highest BCUT2D eigenvalue weighted by Crippen LogP contribution is 2.12. The van der Waals surface area contributed by atoms with Gasteiger partial charge in [-0.1, -0.05) is 25.1 Å². The van der Waals surface area contributed by atoms with Crippen LogP contribution in [0.25, 0.3) is 0 Å². The first-order valence-electron chi connectivity index (χ1n) is 6.53. The number of nitrogens with zero attached hydrogens (tertiary/aromatic N) is 3. The van der Waals surface area contributed by atoms with E-state index in [0.29, 0.717) is 24.5 Å². The van der Waals surface area contributed by atoms with E-state index in [1.807, 2.05) is 44.3 Å². The predicted molar refractivity (Wildman–Crippen MR) is 74.0 cm³/mol. The number of hydrogen-bond acceptors (Lipinski definition) is 4. The molecule has 0 spiro atoms. The van der Waals surface area contributed by atoms with E-state index in [-0.39, 0.29) is 5.91 Å². The monoisotopic (exact) mass is 274 g/mol. The summed E-state index contributed by atoms with van der Waals surface area (Å²) >= 11 is 0. The number of para-hydroxylation sites is 1. The van der Waals surface area contributed by atoms with E-state index in [4.69, 9.17) is 4.74 Å². The molecule has 2 aromatic rings. The average Bonchev–Trinajstić information content (AvgIpc) is 2.88. The smallest absolute Gasteiger partial charge is 0.261 e. The van der Waals surface area contributed by atoms with Gasteiger partial charge in [0, 0.05) is 7.05 Å². The van der Waals surface area contributed by atoms with Crippen molar-refractivity contribution in [1.82, 2.24) is 20.1 Å². The highest BCUT2D eigenvalue weighted by atomic mass is 16.5. The van der Waals surface area contributed by atoms with Crippen LogP contribution in [0.3, 0.4) is 0 Å². The van der Waals surface area contributed by atoms with E-state index in [1.54, 1.807) is 10.9 Å². The van der Waals surface area contributed by atoms with Crippen molar-refractivity contribution in [1.29, 1.82) is 0 Å². The lowest BCUT2D eigenvalue weighted by Gasteiger charge is -2.17. The molecule has 2 rings (SSSR count). The topological polar surface area (TPSA) is 69.0 Å². The maximum Gasteiger partial charge on any atom is 0.261 e. The molecule has 106 valence electrons. The lowest BCUT2D eigenvalue weighted by Crippen LogP contribution is -2.38. The molecule has 1 atom stereocenters. The van der Waals surface area contributed by atoms with Crippen LogP contribution in [0, 0.1) is 0 Å². The zero-order valence-corrected chi connectivity index (χ0v) is 11.6. The van der Waals surface area contributed by atoms with Crippen molar-refractivity contribution in [2.75, 3.05) is 0 Å². The number of hydrogen-bond donors (Lipinski definition) is 1. The van der Waals surface area contributed by atoms with E-state index in [9.17, 15) is 4.79 Å². The SMILES string of the molecule is CCC(Oc1ccccc1)C(=O)NCc1nncn1C. The number of nitrogens with one attached hydrogen (secondary N) is 1. The molecule has 1 N–H and O–H groups in total. The van der Waals surface area contributed by atoms with E-state index >= 15 is 0 Å². The van der Waals surface area contributed by atoms with E-state index in [1.165, 1.54) is 0 Å². The number of carbonyl (C=O) groups excluding carboxylic acids is 1. The molecule has 6 nitrogen and oxygen atoms in total. The number of benzene rings is 1. The summed E-state index contributed by atoms with van der Waals surface area (Å²) in [7, 11) is 1.83. The minimum atomic E-state index is -0.509. The van der Waals surface area contributed by atoms with E-state index in [0.717, 1.165) is 0 Å². The van der Waals surface area contributed by atoms with Crippen molar-refractivity contribution in [3.8, 4) is 5.75 Å². The highest BCUT2D eigenvalue weighted by molar-refractivity contribution is 5.80. The fraction of sp³-hybridized carbons (Fsp3) is 0.357. The van der Waals surface area contributed by atoms with Crippen LogP contribution in [-0.2, 0) is 18.4 Å². The predicted octanol–water partition coefficient (Wildman–Crippen LogP) is 1.29. The molecule has 0 saturated heterocycles. The van der Waals surface area contributed by atoms with Gasteiger partial charge in [-0.2, -0.15) is 0 Å². The summed E-state index contributed by atoms with van der Waals surface area (Å²) in [5.41, 5.74) is 0. The van der Waals surface area contributed by atoms with E-state index in [2.05, 4.69) is 15.5 Å². The highest BCUT2D eigenvalue weighted by Gasteiger charge is 2.18. The third-order valence-electron chi connectivity index (χ3n) is 2.91. The molecule has 1 amide bonds. The summed E-state index contributed by atoms with van der Waals surface area (Å²) in [5, 5.41) is 10.5. The van der Waals surface area contributed by atoms with E-state index < -0.39 is 6.10 Å². The fourth-order valence-electron chi connectivity index (χ4n) is 1.73. The molecule has 0 aliphatic carbocycles. The minimum Gasteiger partial charge on any atom is -0.481 e. The molecule has 0 aliphatic heterocycles. The zero-order chi connectivity index (χ0) is 14.4. The molecule has 20 heavy (non-hydrogen) atoms. The molecule has 0 saturated carbocycles.